The van der Waals surface area contributed by atoms with Crippen LogP contribution < -0.4 is 10.1 Å². The van der Waals surface area contributed by atoms with Crippen molar-refractivity contribution in [1.29, 1.82) is 0 Å². The highest BCUT2D eigenvalue weighted by Crippen LogP contribution is 2.29. The van der Waals surface area contributed by atoms with E-state index < -0.39 is 0 Å². The maximum atomic E-state index is 5.94. The average molecular weight is 269 g/mol. The first-order chi connectivity index (χ1) is 9.92. The summed E-state index contributed by atoms with van der Waals surface area (Å²) in [5.74, 6) is 0.974. The van der Waals surface area contributed by atoms with Crippen molar-refractivity contribution < 1.29 is 4.74 Å². The molecule has 0 aliphatic heterocycles. The number of hydrogen-bond donors (Lipinski definition) is 1. The van der Waals surface area contributed by atoms with Gasteiger partial charge in [0.1, 0.15) is 5.75 Å². The summed E-state index contributed by atoms with van der Waals surface area (Å²) in [6.45, 7) is 5.01. The van der Waals surface area contributed by atoms with Crippen molar-refractivity contribution in [3.05, 3.63) is 54.6 Å². The smallest absolute Gasteiger partial charge is 0.127 e. The van der Waals surface area contributed by atoms with Crippen molar-refractivity contribution in [2.75, 3.05) is 19.7 Å². The Bertz CT molecular complexity index is 496. The van der Waals surface area contributed by atoms with Crippen molar-refractivity contribution >= 4 is 0 Å². The fourth-order valence-corrected chi connectivity index (χ4v) is 2.16. The predicted octanol–water partition coefficient (Wildman–Crippen LogP) is 4.12. The minimum Gasteiger partial charge on any atom is -0.493 e. The highest BCUT2D eigenvalue weighted by molar-refractivity contribution is 5.70. The van der Waals surface area contributed by atoms with Crippen LogP contribution in [0.2, 0.25) is 0 Å². The van der Waals surface area contributed by atoms with Gasteiger partial charge in [-0.15, -0.1) is 0 Å². The van der Waals surface area contributed by atoms with E-state index in [2.05, 4.69) is 48.6 Å². The molecule has 2 nitrogen and oxygen atoms in total. The van der Waals surface area contributed by atoms with Gasteiger partial charge in [-0.2, -0.15) is 0 Å². The number of para-hydroxylation sites is 1. The number of unbranched alkanes of at least 4 members (excludes halogenated alkanes) is 1. The lowest BCUT2D eigenvalue weighted by Crippen LogP contribution is -2.14. The van der Waals surface area contributed by atoms with Crippen LogP contribution in [0.15, 0.2) is 54.6 Å². The van der Waals surface area contributed by atoms with E-state index in [4.69, 9.17) is 4.74 Å². The maximum absolute atomic E-state index is 5.94. The molecule has 0 atom stereocenters. The van der Waals surface area contributed by atoms with E-state index in [1.807, 2.05) is 18.2 Å². The Labute approximate surface area is 121 Å². The second-order valence-electron chi connectivity index (χ2n) is 4.77. The number of rotatable bonds is 8. The maximum Gasteiger partial charge on any atom is 0.127 e. The first kappa shape index (κ1) is 14.6. The van der Waals surface area contributed by atoms with Gasteiger partial charge in [-0.25, -0.2) is 0 Å². The first-order valence-electron chi connectivity index (χ1n) is 7.40. The van der Waals surface area contributed by atoms with E-state index in [1.165, 1.54) is 11.1 Å². The Morgan fingerprint density at radius 1 is 0.900 bits per heavy atom. The van der Waals surface area contributed by atoms with Crippen molar-refractivity contribution in [1.82, 2.24) is 5.32 Å². The van der Waals surface area contributed by atoms with Crippen LogP contribution in [-0.2, 0) is 0 Å². The standard InChI is InChI=1S/C18H23NO/c1-2-19-14-8-9-15-20-18-13-7-6-12-17(18)16-10-4-3-5-11-16/h3-7,10-13,19H,2,8-9,14-15H2,1H3. The zero-order valence-electron chi connectivity index (χ0n) is 12.1. The highest BCUT2D eigenvalue weighted by atomic mass is 16.5. The summed E-state index contributed by atoms with van der Waals surface area (Å²) in [4.78, 5) is 0. The topological polar surface area (TPSA) is 21.3 Å². The Balaban J connectivity index is 1.92. The van der Waals surface area contributed by atoms with E-state index in [1.54, 1.807) is 0 Å². The van der Waals surface area contributed by atoms with Crippen LogP contribution in [0.4, 0.5) is 0 Å². The van der Waals surface area contributed by atoms with Crippen molar-refractivity contribution in [2.24, 2.45) is 0 Å². The molecular weight excluding hydrogens is 246 g/mol. The molecule has 0 aliphatic carbocycles. The Kier molecular flexibility index (Phi) is 6.12. The molecule has 0 aliphatic rings. The highest BCUT2D eigenvalue weighted by Gasteiger charge is 2.04. The zero-order chi connectivity index (χ0) is 14.0. The molecule has 0 fully saturated rings. The van der Waals surface area contributed by atoms with Gasteiger partial charge in [-0.1, -0.05) is 55.5 Å². The van der Waals surface area contributed by atoms with Gasteiger partial charge in [-0.3, -0.25) is 0 Å². The second kappa shape index (κ2) is 8.39. The quantitative estimate of drug-likeness (QED) is 0.728. The zero-order valence-corrected chi connectivity index (χ0v) is 12.1. The molecule has 2 aromatic carbocycles. The van der Waals surface area contributed by atoms with E-state index >= 15 is 0 Å². The average Bonchev–Trinajstić information content (AvgIpc) is 2.52. The molecule has 0 saturated heterocycles. The van der Waals surface area contributed by atoms with Gasteiger partial charge in [0.05, 0.1) is 6.61 Å². The SMILES string of the molecule is CCNCCCCOc1ccccc1-c1ccccc1. The minimum absolute atomic E-state index is 0.773. The molecule has 2 aromatic rings. The van der Waals surface area contributed by atoms with Gasteiger partial charge in [0.2, 0.25) is 0 Å². The third-order valence-electron chi connectivity index (χ3n) is 3.23. The molecule has 0 spiro atoms. The van der Waals surface area contributed by atoms with E-state index in [9.17, 15) is 0 Å². The molecular formula is C18H23NO. The molecule has 1 N–H and O–H groups in total. The lowest BCUT2D eigenvalue weighted by molar-refractivity contribution is 0.307. The van der Waals surface area contributed by atoms with Gasteiger partial charge in [0, 0.05) is 5.56 Å². The number of benzene rings is 2. The lowest BCUT2D eigenvalue weighted by Gasteiger charge is -2.11. The summed E-state index contributed by atoms with van der Waals surface area (Å²) in [6, 6.07) is 18.6. The van der Waals surface area contributed by atoms with Crippen LogP contribution in [-0.4, -0.2) is 19.7 Å². The number of hydrogen-bond acceptors (Lipinski definition) is 2. The van der Waals surface area contributed by atoms with Crippen LogP contribution >= 0.6 is 0 Å². The number of nitrogens with one attached hydrogen (secondary N) is 1. The Morgan fingerprint density at radius 3 is 2.45 bits per heavy atom. The van der Waals surface area contributed by atoms with E-state index in [-0.39, 0.29) is 0 Å². The fraction of sp³-hybridized carbons (Fsp3) is 0.333. The van der Waals surface area contributed by atoms with Crippen LogP contribution in [0.25, 0.3) is 11.1 Å². The molecule has 0 unspecified atom stereocenters. The molecule has 2 heteroatoms. The number of ether oxygens (including phenoxy) is 1. The van der Waals surface area contributed by atoms with Gasteiger partial charge >= 0.3 is 0 Å². The summed E-state index contributed by atoms with van der Waals surface area (Å²) in [6.07, 6.45) is 2.23. The summed E-state index contributed by atoms with van der Waals surface area (Å²) >= 11 is 0. The molecule has 0 radical (unpaired) electrons. The lowest BCUT2D eigenvalue weighted by atomic mass is 10.1. The summed E-state index contributed by atoms with van der Waals surface area (Å²) < 4.78 is 5.94. The molecule has 0 saturated carbocycles. The molecule has 106 valence electrons. The fourth-order valence-electron chi connectivity index (χ4n) is 2.16. The Hall–Kier alpha value is -1.80. The normalized spacial score (nSPS) is 10.4. The molecule has 20 heavy (non-hydrogen) atoms. The monoisotopic (exact) mass is 269 g/mol. The van der Waals surface area contributed by atoms with Crippen molar-refractivity contribution in [3.63, 3.8) is 0 Å². The van der Waals surface area contributed by atoms with Gasteiger partial charge in [0.25, 0.3) is 0 Å². The van der Waals surface area contributed by atoms with E-state index in [0.29, 0.717) is 0 Å². The molecule has 0 bridgehead atoms. The minimum atomic E-state index is 0.773. The molecule has 0 aromatic heterocycles. The molecule has 2 rings (SSSR count). The van der Waals surface area contributed by atoms with Crippen LogP contribution in [0, 0.1) is 0 Å². The Morgan fingerprint density at radius 2 is 1.65 bits per heavy atom. The first-order valence-corrected chi connectivity index (χ1v) is 7.40. The third-order valence-corrected chi connectivity index (χ3v) is 3.23. The van der Waals surface area contributed by atoms with Gasteiger partial charge in [-0.05, 0) is 37.6 Å². The molecule has 0 heterocycles. The van der Waals surface area contributed by atoms with Crippen molar-refractivity contribution in [3.8, 4) is 16.9 Å². The van der Waals surface area contributed by atoms with Crippen LogP contribution in [0.1, 0.15) is 19.8 Å². The molecule has 0 amide bonds. The van der Waals surface area contributed by atoms with E-state index in [0.717, 1.165) is 38.3 Å². The van der Waals surface area contributed by atoms with Crippen LogP contribution in [0.3, 0.4) is 0 Å². The second-order valence-corrected chi connectivity index (χ2v) is 4.77. The summed E-state index contributed by atoms with van der Waals surface area (Å²) in [5, 5.41) is 3.33. The largest absolute Gasteiger partial charge is 0.493 e. The third kappa shape index (κ3) is 4.39. The summed E-state index contributed by atoms with van der Waals surface area (Å²) in [7, 11) is 0. The van der Waals surface area contributed by atoms with Gasteiger partial charge in [0.15, 0.2) is 0 Å². The predicted molar refractivity (Wildman–Crippen MR) is 85.2 cm³/mol. The van der Waals surface area contributed by atoms with Crippen molar-refractivity contribution in [2.45, 2.75) is 19.8 Å². The van der Waals surface area contributed by atoms with Gasteiger partial charge < -0.3 is 10.1 Å². The summed E-state index contributed by atoms with van der Waals surface area (Å²) in [5.41, 5.74) is 2.37. The van der Waals surface area contributed by atoms with Crippen LogP contribution in [0.5, 0.6) is 5.75 Å².